The van der Waals surface area contributed by atoms with Crippen molar-refractivity contribution in [3.63, 3.8) is 0 Å². The number of ether oxygens (including phenoxy) is 1. The molecule has 34 heavy (non-hydrogen) atoms. The monoisotopic (exact) mass is 483 g/mol. The van der Waals surface area contributed by atoms with Crippen LogP contribution in [0.25, 0.3) is 0 Å². The third-order valence-corrected chi connectivity index (χ3v) is 5.61. The Bertz CT molecular complexity index is 1260. The van der Waals surface area contributed by atoms with Gasteiger partial charge in [0.05, 0.1) is 11.2 Å². The van der Waals surface area contributed by atoms with E-state index in [1.54, 1.807) is 6.07 Å². The summed E-state index contributed by atoms with van der Waals surface area (Å²) in [6.07, 6.45) is 1.58. The largest absolute Gasteiger partial charge is 0.459 e. The second-order valence-electron chi connectivity index (χ2n) is 7.48. The minimum Gasteiger partial charge on any atom is -0.459 e. The van der Waals surface area contributed by atoms with Crippen molar-refractivity contribution in [2.75, 3.05) is 11.9 Å². The van der Waals surface area contributed by atoms with Crippen molar-refractivity contribution in [1.82, 2.24) is 4.90 Å². The average Bonchev–Trinajstić information content (AvgIpc) is 3.37. The fourth-order valence-electron chi connectivity index (χ4n) is 3.65. The number of hydrogen-bond donors (Lipinski definition) is 1. The molecule has 1 aromatic heterocycles. The lowest BCUT2D eigenvalue weighted by Crippen LogP contribution is -2.49. The highest BCUT2D eigenvalue weighted by atomic mass is 35.5. The van der Waals surface area contributed by atoms with E-state index >= 15 is 0 Å². The van der Waals surface area contributed by atoms with Crippen LogP contribution in [-0.2, 0) is 27.3 Å². The summed E-state index contributed by atoms with van der Waals surface area (Å²) in [5, 5.41) is 13.4. The third-order valence-electron chi connectivity index (χ3n) is 5.29. The summed E-state index contributed by atoms with van der Waals surface area (Å²) >= 11 is 5.77. The molecule has 0 spiro atoms. The van der Waals surface area contributed by atoms with E-state index in [0.717, 1.165) is 17.2 Å². The second-order valence-corrected chi connectivity index (χ2v) is 7.89. The van der Waals surface area contributed by atoms with Gasteiger partial charge in [-0.15, -0.1) is 0 Å². The van der Waals surface area contributed by atoms with Crippen molar-refractivity contribution in [2.24, 2.45) is 0 Å². The quantitative estimate of drug-likeness (QED) is 0.322. The predicted octanol–water partition coefficient (Wildman–Crippen LogP) is 3.59. The number of nitro benzene ring substituents is 1. The number of furan rings is 1. The van der Waals surface area contributed by atoms with Crippen LogP contribution in [0.3, 0.4) is 0 Å². The van der Waals surface area contributed by atoms with Gasteiger partial charge in [0.25, 0.3) is 17.5 Å². The van der Waals surface area contributed by atoms with E-state index in [9.17, 15) is 24.5 Å². The molecule has 2 heterocycles. The van der Waals surface area contributed by atoms with Crippen molar-refractivity contribution in [1.29, 1.82) is 0 Å². The predicted molar refractivity (Wildman–Crippen MR) is 120 cm³/mol. The molecule has 0 bridgehead atoms. The molecule has 1 N–H and O–H groups in total. The molecule has 1 atom stereocenters. The Balaban J connectivity index is 1.45. The molecule has 2 aromatic carbocycles. The first-order valence-corrected chi connectivity index (χ1v) is 10.5. The van der Waals surface area contributed by atoms with Gasteiger partial charge in [-0.1, -0.05) is 35.9 Å². The van der Waals surface area contributed by atoms with Gasteiger partial charge >= 0.3 is 5.97 Å². The van der Waals surface area contributed by atoms with Crippen LogP contribution >= 0.6 is 11.6 Å². The van der Waals surface area contributed by atoms with Gasteiger partial charge in [0, 0.05) is 24.7 Å². The maximum Gasteiger partial charge on any atom is 0.329 e. The van der Waals surface area contributed by atoms with Gasteiger partial charge in [0.2, 0.25) is 0 Å². The van der Waals surface area contributed by atoms with Crippen LogP contribution < -0.4 is 5.32 Å². The number of fused-ring (bicyclic) bond motifs is 1. The Morgan fingerprint density at radius 3 is 2.62 bits per heavy atom. The van der Waals surface area contributed by atoms with Gasteiger partial charge in [-0.25, -0.2) is 4.79 Å². The SMILES string of the molecule is O=C(COC(=O)[C@@H]1Cc2ccccc2CN1C(=O)c1ccco1)Nc1ccc(Cl)c([N+](=O)[O-])c1. The summed E-state index contributed by atoms with van der Waals surface area (Å²) in [4.78, 5) is 49.8. The zero-order valence-electron chi connectivity index (χ0n) is 17.6. The molecule has 10 nitrogen and oxygen atoms in total. The molecule has 1 aliphatic heterocycles. The number of amides is 2. The number of carbonyl (C=O) groups is 3. The number of rotatable bonds is 6. The number of nitrogens with zero attached hydrogens (tertiary/aromatic N) is 2. The first-order valence-electron chi connectivity index (χ1n) is 10.1. The van der Waals surface area contributed by atoms with E-state index in [1.807, 2.05) is 24.3 Å². The molecule has 0 saturated heterocycles. The molecule has 0 fully saturated rings. The first kappa shape index (κ1) is 23.0. The summed E-state index contributed by atoms with van der Waals surface area (Å²) in [5.41, 5.74) is 1.54. The Labute approximate surface area is 198 Å². The zero-order valence-corrected chi connectivity index (χ0v) is 18.4. The van der Waals surface area contributed by atoms with Gasteiger partial charge in [-0.05, 0) is 35.4 Å². The van der Waals surface area contributed by atoms with E-state index in [2.05, 4.69) is 5.32 Å². The van der Waals surface area contributed by atoms with Crippen LogP contribution in [0, 0.1) is 10.1 Å². The number of halogens is 1. The van der Waals surface area contributed by atoms with E-state index in [0.29, 0.717) is 0 Å². The highest BCUT2D eigenvalue weighted by Gasteiger charge is 2.37. The Morgan fingerprint density at radius 1 is 1.15 bits per heavy atom. The van der Waals surface area contributed by atoms with Crippen LogP contribution in [0.5, 0.6) is 0 Å². The van der Waals surface area contributed by atoms with Crippen molar-refractivity contribution in [3.05, 3.63) is 92.9 Å². The molecule has 0 aliphatic carbocycles. The normalized spacial score (nSPS) is 14.7. The Morgan fingerprint density at radius 2 is 1.91 bits per heavy atom. The molecule has 174 valence electrons. The van der Waals surface area contributed by atoms with Crippen LogP contribution in [0.1, 0.15) is 21.7 Å². The highest BCUT2D eigenvalue weighted by Crippen LogP contribution is 2.28. The standard InChI is InChI=1S/C23H18ClN3O7/c24-17-8-7-16(11-18(17)27(31)32)25-21(28)13-34-23(30)19-10-14-4-1-2-5-15(14)12-26(19)22(29)20-6-3-9-33-20/h1-9,11,19H,10,12-13H2,(H,25,28)/t19-/m0/s1. The number of nitro groups is 1. The van der Waals surface area contributed by atoms with E-state index in [-0.39, 0.29) is 35.1 Å². The van der Waals surface area contributed by atoms with Gasteiger partial charge in [0.15, 0.2) is 12.4 Å². The smallest absolute Gasteiger partial charge is 0.329 e. The van der Waals surface area contributed by atoms with Gasteiger partial charge in [0.1, 0.15) is 11.1 Å². The van der Waals surface area contributed by atoms with Crippen LogP contribution in [0.2, 0.25) is 5.02 Å². The van der Waals surface area contributed by atoms with Gasteiger partial charge in [-0.3, -0.25) is 19.7 Å². The fourth-order valence-corrected chi connectivity index (χ4v) is 3.84. The summed E-state index contributed by atoms with van der Waals surface area (Å²) in [7, 11) is 0. The number of esters is 1. The first-order chi connectivity index (χ1) is 16.3. The molecular formula is C23H18ClN3O7. The lowest BCUT2D eigenvalue weighted by Gasteiger charge is -2.34. The van der Waals surface area contributed by atoms with Crippen LogP contribution in [-0.4, -0.2) is 40.3 Å². The molecule has 4 rings (SSSR count). The van der Waals surface area contributed by atoms with Crippen LogP contribution in [0.4, 0.5) is 11.4 Å². The average molecular weight is 484 g/mol. The minimum atomic E-state index is -0.961. The molecule has 0 unspecified atom stereocenters. The molecule has 11 heteroatoms. The van der Waals surface area contributed by atoms with Crippen molar-refractivity contribution in [2.45, 2.75) is 19.0 Å². The Hall–Kier alpha value is -4.18. The van der Waals surface area contributed by atoms with Crippen molar-refractivity contribution < 1.29 is 28.5 Å². The lowest BCUT2D eigenvalue weighted by molar-refractivity contribution is -0.384. The summed E-state index contributed by atoms with van der Waals surface area (Å²) in [5.74, 6) is -1.85. The third kappa shape index (κ3) is 4.91. The molecule has 0 radical (unpaired) electrons. The summed E-state index contributed by atoms with van der Waals surface area (Å²) < 4.78 is 10.4. The molecule has 2 amide bonds. The zero-order chi connectivity index (χ0) is 24.2. The minimum absolute atomic E-state index is 0.0756. The summed E-state index contributed by atoms with van der Waals surface area (Å²) in [6, 6.07) is 13.3. The molecule has 1 aliphatic rings. The lowest BCUT2D eigenvalue weighted by atomic mass is 9.93. The number of nitrogens with one attached hydrogen (secondary N) is 1. The second kappa shape index (κ2) is 9.75. The maximum absolute atomic E-state index is 13.0. The van der Waals surface area contributed by atoms with E-state index < -0.39 is 35.4 Å². The van der Waals surface area contributed by atoms with Crippen molar-refractivity contribution >= 4 is 40.8 Å². The molecule has 3 aromatic rings. The highest BCUT2D eigenvalue weighted by molar-refractivity contribution is 6.32. The fraction of sp³-hybridized carbons (Fsp3) is 0.174. The number of anilines is 1. The topological polar surface area (TPSA) is 132 Å². The Kier molecular flexibility index (Phi) is 6.60. The molecular weight excluding hydrogens is 466 g/mol. The molecule has 0 saturated carbocycles. The van der Waals surface area contributed by atoms with Gasteiger partial charge < -0.3 is 19.4 Å². The van der Waals surface area contributed by atoms with E-state index in [4.69, 9.17) is 20.8 Å². The number of hydrogen-bond acceptors (Lipinski definition) is 7. The maximum atomic E-state index is 13.0. The van der Waals surface area contributed by atoms with E-state index in [1.165, 1.54) is 29.4 Å². The number of benzene rings is 2. The van der Waals surface area contributed by atoms with Gasteiger partial charge in [-0.2, -0.15) is 0 Å². The van der Waals surface area contributed by atoms with Crippen molar-refractivity contribution in [3.8, 4) is 0 Å². The van der Waals surface area contributed by atoms with Crippen LogP contribution in [0.15, 0.2) is 65.3 Å². The number of carbonyl (C=O) groups excluding carboxylic acids is 3. The summed E-state index contributed by atoms with van der Waals surface area (Å²) in [6.45, 7) is -0.466.